The highest BCUT2D eigenvalue weighted by molar-refractivity contribution is 8.13. The van der Waals surface area contributed by atoms with E-state index in [1.807, 2.05) is 0 Å². The van der Waals surface area contributed by atoms with Crippen molar-refractivity contribution in [2.24, 2.45) is 0 Å². The quantitative estimate of drug-likeness (QED) is 0.787. The summed E-state index contributed by atoms with van der Waals surface area (Å²) in [6.07, 6.45) is -4.87. The summed E-state index contributed by atoms with van der Waals surface area (Å²) in [6.45, 7) is 0. The summed E-state index contributed by atoms with van der Waals surface area (Å²) >= 11 is 5.43. The lowest BCUT2D eigenvalue weighted by atomic mass is 10.3. The molecule has 16 heavy (non-hydrogen) atoms. The number of benzene rings is 1. The van der Waals surface area contributed by atoms with Gasteiger partial charge in [0.2, 0.25) is 0 Å². The smallest absolute Gasteiger partial charge is 0.406 e. The second-order valence-electron chi connectivity index (χ2n) is 2.58. The first-order valence-electron chi connectivity index (χ1n) is 3.59. The van der Waals surface area contributed by atoms with Crippen molar-refractivity contribution in [3.8, 4) is 5.75 Å². The van der Waals surface area contributed by atoms with Crippen molar-refractivity contribution in [2.45, 2.75) is 11.3 Å². The molecular weight excluding hydrogens is 292 g/mol. The van der Waals surface area contributed by atoms with Crippen LogP contribution in [0, 0.1) is 0 Å². The lowest BCUT2D eigenvalue weighted by Gasteiger charge is -2.09. The number of hydrogen-bond donors (Lipinski definition) is 0. The van der Waals surface area contributed by atoms with Crippen molar-refractivity contribution in [3.63, 3.8) is 0 Å². The monoisotopic (exact) mass is 294 g/mol. The lowest BCUT2D eigenvalue weighted by Crippen LogP contribution is -2.17. The van der Waals surface area contributed by atoms with E-state index in [9.17, 15) is 21.6 Å². The van der Waals surface area contributed by atoms with Crippen molar-refractivity contribution in [1.82, 2.24) is 0 Å². The highest BCUT2D eigenvalue weighted by atomic mass is 35.7. The van der Waals surface area contributed by atoms with E-state index in [0.717, 1.165) is 12.1 Å². The molecule has 0 aromatic heterocycles. The van der Waals surface area contributed by atoms with Gasteiger partial charge in [-0.15, -0.1) is 13.2 Å². The van der Waals surface area contributed by atoms with Crippen molar-refractivity contribution in [3.05, 3.63) is 23.2 Å². The van der Waals surface area contributed by atoms with Gasteiger partial charge in [0.05, 0.1) is 5.02 Å². The van der Waals surface area contributed by atoms with E-state index in [2.05, 4.69) is 4.74 Å². The summed E-state index contributed by atoms with van der Waals surface area (Å²) in [7, 11) is 0.884. The molecule has 0 bridgehead atoms. The first-order chi connectivity index (χ1) is 7.09. The molecule has 90 valence electrons. The molecule has 0 atom stereocenters. The van der Waals surface area contributed by atoms with Gasteiger partial charge in [0.25, 0.3) is 9.05 Å². The molecule has 9 heteroatoms. The Labute approximate surface area is 98.1 Å². The summed E-state index contributed by atoms with van der Waals surface area (Å²) in [4.78, 5) is -0.481. The van der Waals surface area contributed by atoms with Crippen LogP contribution in [-0.2, 0) is 9.05 Å². The van der Waals surface area contributed by atoms with Crippen molar-refractivity contribution >= 4 is 31.3 Å². The maximum Gasteiger partial charge on any atom is 0.573 e. The Morgan fingerprint density at radius 2 is 1.81 bits per heavy atom. The first-order valence-corrected chi connectivity index (χ1v) is 6.28. The van der Waals surface area contributed by atoms with E-state index in [-0.39, 0.29) is 0 Å². The number of rotatable bonds is 2. The summed E-state index contributed by atoms with van der Waals surface area (Å²) in [5.74, 6) is -0.624. The van der Waals surface area contributed by atoms with Gasteiger partial charge in [-0.05, 0) is 12.1 Å². The van der Waals surface area contributed by atoms with Crippen molar-refractivity contribution in [2.75, 3.05) is 0 Å². The molecular formula is C7H3Cl2F3O3S. The van der Waals surface area contributed by atoms with Gasteiger partial charge in [0, 0.05) is 16.7 Å². The van der Waals surface area contributed by atoms with E-state index in [4.69, 9.17) is 22.3 Å². The summed E-state index contributed by atoms with van der Waals surface area (Å²) < 4.78 is 60.7. The molecule has 0 unspecified atom stereocenters. The molecule has 1 aromatic carbocycles. The maximum atomic E-state index is 11.8. The second kappa shape index (κ2) is 4.31. The van der Waals surface area contributed by atoms with Gasteiger partial charge in [-0.1, -0.05) is 11.6 Å². The minimum atomic E-state index is -4.87. The van der Waals surface area contributed by atoms with Crippen LogP contribution in [0.15, 0.2) is 23.1 Å². The third kappa shape index (κ3) is 3.73. The van der Waals surface area contributed by atoms with Gasteiger partial charge in [-0.3, -0.25) is 0 Å². The maximum absolute atomic E-state index is 11.8. The van der Waals surface area contributed by atoms with E-state index >= 15 is 0 Å². The molecule has 0 N–H and O–H groups in total. The number of halogens is 5. The third-order valence-corrected chi connectivity index (χ3v) is 3.20. The molecule has 0 heterocycles. The number of ether oxygens (including phenoxy) is 1. The molecule has 0 fully saturated rings. The Hall–Kier alpha value is -0.660. The van der Waals surface area contributed by atoms with Gasteiger partial charge in [-0.25, -0.2) is 8.42 Å². The second-order valence-corrected chi connectivity index (χ2v) is 5.52. The largest absolute Gasteiger partial charge is 0.573 e. The van der Waals surface area contributed by atoms with Gasteiger partial charge < -0.3 is 4.74 Å². The van der Waals surface area contributed by atoms with Gasteiger partial charge in [-0.2, -0.15) is 0 Å². The molecule has 0 saturated carbocycles. The van der Waals surface area contributed by atoms with Gasteiger partial charge in [0.1, 0.15) is 10.6 Å². The van der Waals surface area contributed by atoms with Gasteiger partial charge in [0.15, 0.2) is 0 Å². The van der Waals surface area contributed by atoms with E-state index in [1.165, 1.54) is 0 Å². The Morgan fingerprint density at radius 1 is 1.25 bits per heavy atom. The summed E-state index contributed by atoms with van der Waals surface area (Å²) in [5.41, 5.74) is 0. The minimum absolute atomic E-state index is 0.447. The van der Waals surface area contributed by atoms with Crippen LogP contribution in [0.5, 0.6) is 5.75 Å². The molecule has 0 aliphatic rings. The molecule has 0 radical (unpaired) electrons. The van der Waals surface area contributed by atoms with Crippen LogP contribution in [0.3, 0.4) is 0 Å². The zero-order valence-electron chi connectivity index (χ0n) is 7.25. The third-order valence-electron chi connectivity index (χ3n) is 1.40. The molecule has 0 aliphatic carbocycles. The van der Waals surface area contributed by atoms with Crippen LogP contribution >= 0.6 is 22.3 Å². The van der Waals surface area contributed by atoms with Crippen LogP contribution in [0.25, 0.3) is 0 Å². The van der Waals surface area contributed by atoms with Crippen LogP contribution < -0.4 is 4.74 Å². The average Bonchev–Trinajstić information content (AvgIpc) is 1.97. The molecule has 1 aromatic rings. The number of hydrogen-bond acceptors (Lipinski definition) is 3. The molecule has 0 aliphatic heterocycles. The van der Waals surface area contributed by atoms with Crippen LogP contribution in [0.4, 0.5) is 13.2 Å². The van der Waals surface area contributed by atoms with E-state index in [1.54, 1.807) is 0 Å². The van der Waals surface area contributed by atoms with Crippen molar-refractivity contribution < 1.29 is 26.3 Å². The zero-order valence-corrected chi connectivity index (χ0v) is 9.58. The summed E-state index contributed by atoms with van der Waals surface area (Å²) in [5, 5.41) is -0.447. The van der Waals surface area contributed by atoms with Crippen LogP contribution in [-0.4, -0.2) is 14.8 Å². The number of alkyl halides is 3. The van der Waals surface area contributed by atoms with Crippen LogP contribution in [0.2, 0.25) is 5.02 Å². The molecule has 0 amide bonds. The van der Waals surface area contributed by atoms with Crippen molar-refractivity contribution in [1.29, 1.82) is 0 Å². The minimum Gasteiger partial charge on any atom is -0.406 e. The fraction of sp³-hybridized carbons (Fsp3) is 0.143. The molecule has 0 saturated heterocycles. The first kappa shape index (κ1) is 13.4. The highest BCUT2D eigenvalue weighted by Crippen LogP contribution is 2.31. The van der Waals surface area contributed by atoms with E-state index < -0.39 is 31.1 Å². The predicted octanol–water partition coefficient (Wildman–Crippen LogP) is 3.17. The average molecular weight is 295 g/mol. The topological polar surface area (TPSA) is 43.4 Å². The fourth-order valence-corrected chi connectivity index (χ4v) is 2.40. The lowest BCUT2D eigenvalue weighted by molar-refractivity contribution is -0.274. The zero-order chi connectivity index (χ0) is 12.6. The van der Waals surface area contributed by atoms with E-state index in [0.29, 0.717) is 6.07 Å². The Bertz CT molecular complexity index is 498. The summed E-state index contributed by atoms with van der Waals surface area (Å²) in [6, 6.07) is 2.34. The molecule has 1 rings (SSSR count). The fourth-order valence-electron chi connectivity index (χ4n) is 0.876. The standard InChI is InChI=1S/C7H3Cl2F3O3S/c8-5-3-4(15-7(10,11)12)1-2-6(5)16(9,13)14/h1-3H. The Morgan fingerprint density at radius 3 is 2.19 bits per heavy atom. The highest BCUT2D eigenvalue weighted by Gasteiger charge is 2.31. The predicted molar refractivity (Wildman–Crippen MR) is 51.2 cm³/mol. The Balaban J connectivity index is 3.10. The SMILES string of the molecule is O=S(=O)(Cl)c1ccc(OC(F)(F)F)cc1Cl. The Kier molecular flexibility index (Phi) is 3.61. The van der Waals surface area contributed by atoms with Crippen LogP contribution in [0.1, 0.15) is 0 Å². The normalized spacial score (nSPS) is 12.6. The van der Waals surface area contributed by atoms with Gasteiger partial charge >= 0.3 is 6.36 Å². The molecule has 0 spiro atoms. The molecule has 3 nitrogen and oxygen atoms in total.